The maximum atomic E-state index is 13.0. The Morgan fingerprint density at radius 2 is 2.13 bits per heavy atom. The van der Waals surface area contributed by atoms with E-state index in [-0.39, 0.29) is 15.8 Å². The molecule has 0 saturated carbocycles. The molecule has 0 saturated heterocycles. The number of carbonyl (C=O) groups excluding carboxylic acids is 1. The number of benzene rings is 1. The van der Waals surface area contributed by atoms with Crippen molar-refractivity contribution in [2.24, 2.45) is 0 Å². The van der Waals surface area contributed by atoms with Gasteiger partial charge in [-0.2, -0.15) is 0 Å². The molecule has 0 heterocycles. The number of ether oxygens (including phenoxy) is 1. The van der Waals surface area contributed by atoms with Crippen molar-refractivity contribution in [1.29, 1.82) is 0 Å². The van der Waals surface area contributed by atoms with E-state index in [1.54, 1.807) is 0 Å². The first-order valence-electron chi connectivity index (χ1n) is 3.89. The number of hydrogen-bond acceptors (Lipinski definition) is 2. The Labute approximate surface area is 92.2 Å². The van der Waals surface area contributed by atoms with Crippen molar-refractivity contribution in [3.63, 3.8) is 0 Å². The lowest BCUT2D eigenvalue weighted by Crippen LogP contribution is -2.08. The number of hydrogen-bond donors (Lipinski definition) is 0. The number of alkyl halides is 2. The van der Waals surface area contributed by atoms with Gasteiger partial charge in [-0.25, -0.2) is 13.2 Å². The molecule has 0 amide bonds. The van der Waals surface area contributed by atoms with Crippen LogP contribution in [0.2, 0.25) is 0 Å². The minimum atomic E-state index is -2.67. The highest BCUT2D eigenvalue weighted by Gasteiger charge is 2.11. The summed E-state index contributed by atoms with van der Waals surface area (Å²) in [6.07, 6.45) is -2.26. The molecular weight excluding hydrogens is 277 g/mol. The van der Waals surface area contributed by atoms with Crippen LogP contribution in [0, 0.1) is 5.82 Å². The predicted octanol–water partition coefficient (Wildman–Crippen LogP) is 3.04. The standard InChI is InChI=1S/C9H6BrF3O2/c10-6-1-5(3-14)8(2-7(6)11)15-4-9(12)13/h1-3,9H,4H2. The second kappa shape index (κ2) is 5.16. The fourth-order valence-corrected chi connectivity index (χ4v) is 1.27. The Hall–Kier alpha value is -1.04. The minimum absolute atomic E-state index is 0.0175. The van der Waals surface area contributed by atoms with Gasteiger partial charge in [0.2, 0.25) is 0 Å². The van der Waals surface area contributed by atoms with Gasteiger partial charge in [-0.15, -0.1) is 0 Å². The molecule has 0 aliphatic carbocycles. The normalized spacial score (nSPS) is 10.5. The first-order chi connectivity index (χ1) is 7.04. The SMILES string of the molecule is O=Cc1cc(Br)c(F)cc1OCC(F)F. The Kier molecular flexibility index (Phi) is 4.14. The van der Waals surface area contributed by atoms with E-state index in [0.29, 0.717) is 6.29 Å². The van der Waals surface area contributed by atoms with Crippen molar-refractivity contribution >= 4 is 22.2 Å². The quantitative estimate of drug-likeness (QED) is 0.794. The third-order valence-electron chi connectivity index (χ3n) is 1.54. The summed E-state index contributed by atoms with van der Waals surface area (Å²) in [5.41, 5.74) is 0.0175. The fourth-order valence-electron chi connectivity index (χ4n) is 0.914. The molecule has 6 heteroatoms. The molecule has 0 atom stereocenters. The lowest BCUT2D eigenvalue weighted by Gasteiger charge is -2.08. The van der Waals surface area contributed by atoms with E-state index in [9.17, 15) is 18.0 Å². The van der Waals surface area contributed by atoms with Crippen molar-refractivity contribution in [2.75, 3.05) is 6.61 Å². The first-order valence-corrected chi connectivity index (χ1v) is 4.69. The zero-order valence-corrected chi connectivity index (χ0v) is 8.93. The summed E-state index contributed by atoms with van der Waals surface area (Å²) in [5, 5.41) is 0. The molecule has 0 aromatic heterocycles. The van der Waals surface area contributed by atoms with Crippen LogP contribution in [0.1, 0.15) is 10.4 Å². The summed E-state index contributed by atoms with van der Waals surface area (Å²) >= 11 is 2.86. The zero-order valence-electron chi connectivity index (χ0n) is 7.34. The third-order valence-corrected chi connectivity index (χ3v) is 2.15. The van der Waals surface area contributed by atoms with Crippen LogP contribution in [0.5, 0.6) is 5.75 Å². The Bertz CT molecular complexity index is 369. The second-order valence-electron chi connectivity index (χ2n) is 2.62. The van der Waals surface area contributed by atoms with Gasteiger partial charge in [0, 0.05) is 6.07 Å². The summed E-state index contributed by atoms with van der Waals surface area (Å²) < 4.78 is 41.3. The predicted molar refractivity (Wildman–Crippen MR) is 51.0 cm³/mol. The summed E-state index contributed by atoms with van der Waals surface area (Å²) in [7, 11) is 0. The molecule has 0 bridgehead atoms. The van der Waals surface area contributed by atoms with Crippen LogP contribution in [-0.4, -0.2) is 19.3 Å². The van der Waals surface area contributed by atoms with E-state index in [2.05, 4.69) is 20.7 Å². The van der Waals surface area contributed by atoms with Gasteiger partial charge in [-0.3, -0.25) is 4.79 Å². The smallest absolute Gasteiger partial charge is 0.272 e. The summed E-state index contributed by atoms with van der Waals surface area (Å²) in [5.74, 6) is -0.865. The van der Waals surface area contributed by atoms with E-state index in [1.807, 2.05) is 0 Å². The van der Waals surface area contributed by atoms with E-state index >= 15 is 0 Å². The molecular formula is C9H6BrF3O2. The van der Waals surface area contributed by atoms with Crippen LogP contribution >= 0.6 is 15.9 Å². The molecule has 82 valence electrons. The minimum Gasteiger partial charge on any atom is -0.487 e. The van der Waals surface area contributed by atoms with Gasteiger partial charge in [0.15, 0.2) is 6.29 Å². The van der Waals surface area contributed by atoms with Crippen molar-refractivity contribution in [3.05, 3.63) is 28.0 Å². The highest BCUT2D eigenvalue weighted by molar-refractivity contribution is 9.10. The molecule has 0 radical (unpaired) electrons. The highest BCUT2D eigenvalue weighted by Crippen LogP contribution is 2.25. The zero-order chi connectivity index (χ0) is 11.4. The van der Waals surface area contributed by atoms with E-state index in [0.717, 1.165) is 6.07 Å². The van der Waals surface area contributed by atoms with Crippen molar-refractivity contribution in [2.45, 2.75) is 6.43 Å². The molecule has 0 aliphatic rings. The molecule has 0 N–H and O–H groups in total. The molecule has 0 unspecified atom stereocenters. The van der Waals surface area contributed by atoms with E-state index in [4.69, 9.17) is 0 Å². The molecule has 0 aliphatic heterocycles. The number of rotatable bonds is 4. The van der Waals surface area contributed by atoms with Crippen LogP contribution in [0.4, 0.5) is 13.2 Å². The average molecular weight is 283 g/mol. The van der Waals surface area contributed by atoms with Crippen LogP contribution < -0.4 is 4.74 Å². The monoisotopic (exact) mass is 282 g/mol. The van der Waals surface area contributed by atoms with Gasteiger partial charge in [0.25, 0.3) is 6.43 Å². The van der Waals surface area contributed by atoms with E-state index < -0.39 is 18.8 Å². The molecule has 0 fully saturated rings. The largest absolute Gasteiger partial charge is 0.487 e. The van der Waals surface area contributed by atoms with Gasteiger partial charge in [-0.1, -0.05) is 0 Å². The Balaban J connectivity index is 2.94. The lowest BCUT2D eigenvalue weighted by atomic mass is 10.2. The molecule has 0 spiro atoms. The van der Waals surface area contributed by atoms with Gasteiger partial charge >= 0.3 is 0 Å². The van der Waals surface area contributed by atoms with Crippen molar-refractivity contribution in [1.82, 2.24) is 0 Å². The number of aldehydes is 1. The van der Waals surface area contributed by atoms with Crippen LogP contribution in [-0.2, 0) is 0 Å². The van der Waals surface area contributed by atoms with Crippen LogP contribution in [0.3, 0.4) is 0 Å². The van der Waals surface area contributed by atoms with Gasteiger partial charge in [0.1, 0.15) is 18.2 Å². The van der Waals surface area contributed by atoms with Gasteiger partial charge in [-0.05, 0) is 22.0 Å². The lowest BCUT2D eigenvalue weighted by molar-refractivity contribution is 0.0807. The topological polar surface area (TPSA) is 26.3 Å². The first kappa shape index (κ1) is 12.0. The second-order valence-corrected chi connectivity index (χ2v) is 3.48. The molecule has 2 nitrogen and oxygen atoms in total. The highest BCUT2D eigenvalue weighted by atomic mass is 79.9. The number of halogens is 4. The van der Waals surface area contributed by atoms with Gasteiger partial charge < -0.3 is 4.74 Å². The van der Waals surface area contributed by atoms with Crippen molar-refractivity contribution < 1.29 is 22.7 Å². The van der Waals surface area contributed by atoms with E-state index in [1.165, 1.54) is 6.07 Å². The van der Waals surface area contributed by atoms with Gasteiger partial charge in [0.05, 0.1) is 10.0 Å². The maximum absolute atomic E-state index is 13.0. The molecule has 1 aromatic carbocycles. The fraction of sp³-hybridized carbons (Fsp3) is 0.222. The summed E-state index contributed by atoms with van der Waals surface area (Å²) in [6.45, 7) is -0.873. The molecule has 1 aromatic rings. The Morgan fingerprint density at radius 3 is 2.67 bits per heavy atom. The van der Waals surface area contributed by atoms with Crippen molar-refractivity contribution in [3.8, 4) is 5.75 Å². The summed E-state index contributed by atoms with van der Waals surface area (Å²) in [4.78, 5) is 10.5. The summed E-state index contributed by atoms with van der Waals surface area (Å²) in [6, 6.07) is 2.05. The van der Waals surface area contributed by atoms with Crippen LogP contribution in [0.25, 0.3) is 0 Å². The number of carbonyl (C=O) groups is 1. The third kappa shape index (κ3) is 3.23. The molecule has 1 rings (SSSR count). The Morgan fingerprint density at radius 1 is 1.47 bits per heavy atom. The average Bonchev–Trinajstić information content (AvgIpc) is 2.19. The van der Waals surface area contributed by atoms with Crippen LogP contribution in [0.15, 0.2) is 16.6 Å². The maximum Gasteiger partial charge on any atom is 0.272 e. The molecule has 15 heavy (non-hydrogen) atoms.